The maximum atomic E-state index is 5.74. The number of aromatic nitrogens is 2. The van der Waals surface area contributed by atoms with Crippen LogP contribution in [0.5, 0.6) is 5.75 Å². The second-order valence-electron chi connectivity index (χ2n) is 8.73. The normalized spacial score (nSPS) is 16.0. The van der Waals surface area contributed by atoms with Crippen LogP contribution < -0.4 is 15.4 Å². The van der Waals surface area contributed by atoms with E-state index in [4.69, 9.17) is 9.73 Å². The highest BCUT2D eigenvalue weighted by Crippen LogP contribution is 2.17. The highest BCUT2D eigenvalue weighted by molar-refractivity contribution is 5.93. The van der Waals surface area contributed by atoms with E-state index < -0.39 is 0 Å². The molecule has 7 nitrogen and oxygen atoms in total. The van der Waals surface area contributed by atoms with Crippen molar-refractivity contribution >= 4 is 11.6 Å². The molecule has 2 heterocycles. The molecule has 1 aromatic heterocycles. The van der Waals surface area contributed by atoms with Gasteiger partial charge in [-0.3, -0.25) is 4.68 Å². The van der Waals surface area contributed by atoms with Crippen LogP contribution in [0.15, 0.2) is 41.5 Å². The number of ether oxygens (including phenoxy) is 1. The molecule has 2 aromatic rings. The molecule has 0 spiro atoms. The summed E-state index contributed by atoms with van der Waals surface area (Å²) in [6.45, 7) is 11.5. The van der Waals surface area contributed by atoms with Gasteiger partial charge < -0.3 is 20.3 Å². The van der Waals surface area contributed by atoms with E-state index in [9.17, 15) is 0 Å². The molecule has 1 aromatic carbocycles. The second kappa shape index (κ2) is 11.7. The van der Waals surface area contributed by atoms with Gasteiger partial charge in [-0.25, -0.2) is 4.99 Å². The smallest absolute Gasteiger partial charge is 0.196 e. The Morgan fingerprint density at radius 2 is 1.94 bits per heavy atom. The third kappa shape index (κ3) is 7.90. The van der Waals surface area contributed by atoms with Crippen molar-refractivity contribution in [3.05, 3.63) is 42.2 Å². The molecule has 7 heteroatoms. The summed E-state index contributed by atoms with van der Waals surface area (Å²) in [6.07, 6.45) is 5.71. The second-order valence-corrected chi connectivity index (χ2v) is 8.73. The highest BCUT2D eigenvalue weighted by atomic mass is 16.5. The Kier molecular flexibility index (Phi) is 8.76. The molecular weight excluding hydrogens is 388 g/mol. The molecule has 0 atom stereocenters. The molecule has 0 radical (unpaired) electrons. The fourth-order valence-electron chi connectivity index (χ4n) is 3.68. The van der Waals surface area contributed by atoms with Crippen molar-refractivity contribution in [2.75, 3.05) is 31.5 Å². The highest BCUT2D eigenvalue weighted by Gasteiger charge is 2.14. The molecule has 1 fully saturated rings. The third-order valence-electron chi connectivity index (χ3n) is 5.63. The van der Waals surface area contributed by atoms with Gasteiger partial charge >= 0.3 is 0 Å². The van der Waals surface area contributed by atoms with Crippen molar-refractivity contribution in [1.82, 2.24) is 20.0 Å². The number of guanidine groups is 1. The van der Waals surface area contributed by atoms with Gasteiger partial charge in [0.15, 0.2) is 5.96 Å². The molecule has 2 N–H and O–H groups in total. The maximum absolute atomic E-state index is 5.74. The van der Waals surface area contributed by atoms with Gasteiger partial charge in [-0.15, -0.1) is 0 Å². The maximum Gasteiger partial charge on any atom is 0.196 e. The van der Waals surface area contributed by atoms with Crippen molar-refractivity contribution in [2.24, 2.45) is 18.0 Å². The summed E-state index contributed by atoms with van der Waals surface area (Å²) in [5, 5.41) is 11.2. The van der Waals surface area contributed by atoms with Crippen LogP contribution in [-0.2, 0) is 13.6 Å². The number of nitrogens with zero attached hydrogens (tertiary/aromatic N) is 4. The molecule has 170 valence electrons. The SMILES string of the molecule is CC1CCN(CCCNC(=NCc2ccnn2C)Nc2ccc(OC(C)C)cc2)CC1. The van der Waals surface area contributed by atoms with Gasteiger partial charge in [0.2, 0.25) is 0 Å². The summed E-state index contributed by atoms with van der Waals surface area (Å²) >= 11 is 0. The van der Waals surface area contributed by atoms with E-state index in [1.165, 1.54) is 25.9 Å². The zero-order chi connectivity index (χ0) is 22.1. The lowest BCUT2D eigenvalue weighted by molar-refractivity contribution is 0.191. The first-order chi connectivity index (χ1) is 15.0. The lowest BCUT2D eigenvalue weighted by atomic mass is 9.99. The number of benzene rings is 1. The van der Waals surface area contributed by atoms with Crippen molar-refractivity contribution in [1.29, 1.82) is 0 Å². The van der Waals surface area contributed by atoms with Crippen molar-refractivity contribution in [3.63, 3.8) is 0 Å². The number of piperidine rings is 1. The summed E-state index contributed by atoms with van der Waals surface area (Å²) in [5.41, 5.74) is 2.06. The minimum absolute atomic E-state index is 0.166. The fraction of sp³-hybridized carbons (Fsp3) is 0.583. The van der Waals surface area contributed by atoms with Gasteiger partial charge in [0.05, 0.1) is 18.3 Å². The summed E-state index contributed by atoms with van der Waals surface area (Å²) in [6, 6.07) is 10.0. The first-order valence-electron chi connectivity index (χ1n) is 11.5. The van der Waals surface area contributed by atoms with Gasteiger partial charge in [-0.05, 0) is 89.0 Å². The Balaban J connectivity index is 1.54. The van der Waals surface area contributed by atoms with Crippen molar-refractivity contribution in [3.8, 4) is 5.75 Å². The molecule has 0 bridgehead atoms. The summed E-state index contributed by atoms with van der Waals surface area (Å²) in [5.74, 6) is 2.53. The van der Waals surface area contributed by atoms with Crippen LogP contribution in [0.3, 0.4) is 0 Å². The Bertz CT molecular complexity index is 806. The Labute approximate surface area is 186 Å². The first kappa shape index (κ1) is 23.1. The van der Waals surface area contributed by atoms with Crippen molar-refractivity contribution < 1.29 is 4.74 Å². The molecular formula is C24H38N6O. The Morgan fingerprint density at radius 3 is 2.58 bits per heavy atom. The predicted molar refractivity (Wildman–Crippen MR) is 128 cm³/mol. The number of likely N-dealkylation sites (tertiary alicyclic amines) is 1. The molecule has 0 aliphatic carbocycles. The van der Waals surface area contributed by atoms with Gasteiger partial charge in [-0.1, -0.05) is 6.92 Å². The van der Waals surface area contributed by atoms with Gasteiger partial charge in [-0.2, -0.15) is 5.10 Å². The Hall–Kier alpha value is -2.54. The van der Waals surface area contributed by atoms with Crippen LogP contribution in [0.1, 0.15) is 45.7 Å². The summed E-state index contributed by atoms with van der Waals surface area (Å²) in [4.78, 5) is 7.35. The zero-order valence-corrected chi connectivity index (χ0v) is 19.5. The number of anilines is 1. The Morgan fingerprint density at radius 1 is 1.19 bits per heavy atom. The van der Waals surface area contributed by atoms with Crippen LogP contribution in [0.4, 0.5) is 5.69 Å². The van der Waals surface area contributed by atoms with Crippen LogP contribution in [0.2, 0.25) is 0 Å². The van der Waals surface area contributed by atoms with Gasteiger partial charge in [0, 0.05) is 25.5 Å². The summed E-state index contributed by atoms with van der Waals surface area (Å²) in [7, 11) is 1.94. The first-order valence-corrected chi connectivity index (χ1v) is 11.5. The van der Waals surface area contributed by atoms with E-state index in [2.05, 4.69) is 27.6 Å². The van der Waals surface area contributed by atoms with E-state index in [-0.39, 0.29) is 6.10 Å². The third-order valence-corrected chi connectivity index (χ3v) is 5.63. The molecule has 3 rings (SSSR count). The van der Waals surface area contributed by atoms with Crippen molar-refractivity contribution in [2.45, 2.75) is 52.7 Å². The van der Waals surface area contributed by atoms with E-state index in [0.29, 0.717) is 6.54 Å². The minimum atomic E-state index is 0.166. The number of aliphatic imine (C=N–C) groups is 1. The van der Waals surface area contributed by atoms with Crippen LogP contribution in [-0.4, -0.2) is 52.9 Å². The van der Waals surface area contributed by atoms with E-state index in [0.717, 1.165) is 48.5 Å². The quantitative estimate of drug-likeness (QED) is 0.362. The largest absolute Gasteiger partial charge is 0.491 e. The predicted octanol–water partition coefficient (Wildman–Crippen LogP) is 3.89. The number of hydrogen-bond donors (Lipinski definition) is 2. The number of rotatable bonds is 9. The van der Waals surface area contributed by atoms with Gasteiger partial charge in [0.25, 0.3) is 0 Å². The van der Waals surface area contributed by atoms with E-state index in [1.807, 2.05) is 55.9 Å². The van der Waals surface area contributed by atoms with Crippen LogP contribution in [0, 0.1) is 5.92 Å². The monoisotopic (exact) mass is 426 g/mol. The lowest BCUT2D eigenvalue weighted by Gasteiger charge is -2.30. The van der Waals surface area contributed by atoms with E-state index in [1.54, 1.807) is 6.20 Å². The molecule has 0 amide bonds. The van der Waals surface area contributed by atoms with E-state index >= 15 is 0 Å². The summed E-state index contributed by atoms with van der Waals surface area (Å²) < 4.78 is 7.60. The average Bonchev–Trinajstić information content (AvgIpc) is 3.16. The number of hydrogen-bond acceptors (Lipinski definition) is 4. The minimum Gasteiger partial charge on any atom is -0.491 e. The van der Waals surface area contributed by atoms with Gasteiger partial charge in [0.1, 0.15) is 5.75 Å². The molecule has 31 heavy (non-hydrogen) atoms. The fourth-order valence-corrected chi connectivity index (χ4v) is 3.68. The molecule has 1 aliphatic heterocycles. The molecule has 1 saturated heterocycles. The van der Waals surface area contributed by atoms with Crippen LogP contribution in [0.25, 0.3) is 0 Å². The molecule has 0 saturated carbocycles. The zero-order valence-electron chi connectivity index (χ0n) is 19.5. The number of aryl methyl sites for hydroxylation is 1. The van der Waals surface area contributed by atoms with Crippen LogP contribution >= 0.6 is 0 Å². The molecule has 0 unspecified atom stereocenters. The number of nitrogens with one attached hydrogen (secondary N) is 2. The lowest BCUT2D eigenvalue weighted by Crippen LogP contribution is -2.36. The average molecular weight is 427 g/mol. The molecule has 1 aliphatic rings. The standard InChI is InChI=1S/C24H38N6O/c1-19(2)31-23-8-6-21(7-9-23)28-24(26-18-22-10-14-27-29(22)4)25-13-5-15-30-16-11-20(3)12-17-30/h6-10,14,19-20H,5,11-13,15-18H2,1-4H3,(H2,25,26,28). The topological polar surface area (TPSA) is 66.7 Å².